The average molecular weight is 285 g/mol. The molecule has 1 aromatic carbocycles. The molecule has 19 heavy (non-hydrogen) atoms. The Labute approximate surface area is 114 Å². The quantitative estimate of drug-likeness (QED) is 0.620. The topological polar surface area (TPSA) is 63.7 Å². The summed E-state index contributed by atoms with van der Waals surface area (Å²) < 4.78 is 28.7. The van der Waals surface area contributed by atoms with Crippen molar-refractivity contribution in [3.05, 3.63) is 28.8 Å². The third-order valence-corrected chi connectivity index (χ3v) is 4.27. The van der Waals surface area contributed by atoms with E-state index in [0.717, 1.165) is 27.3 Å². The van der Waals surface area contributed by atoms with Crippen LogP contribution in [0, 0.1) is 20.8 Å². The van der Waals surface area contributed by atoms with Crippen LogP contribution in [0.2, 0.25) is 0 Å². The van der Waals surface area contributed by atoms with E-state index in [0.29, 0.717) is 5.75 Å². The molecule has 0 spiro atoms. The highest BCUT2D eigenvalue weighted by Crippen LogP contribution is 2.25. The predicted molar refractivity (Wildman–Crippen MR) is 73.8 cm³/mol. The van der Waals surface area contributed by atoms with Crippen molar-refractivity contribution in [3.8, 4) is 5.75 Å². The molecule has 6 heteroatoms. The lowest BCUT2D eigenvalue weighted by Gasteiger charge is -2.15. The number of aryl methyl sites for hydroxylation is 2. The summed E-state index contributed by atoms with van der Waals surface area (Å²) in [5.74, 6) is -0.0865. The van der Waals surface area contributed by atoms with E-state index in [2.05, 4.69) is 0 Å². The van der Waals surface area contributed by atoms with E-state index in [1.54, 1.807) is 0 Å². The standard InChI is InChI=1S/C13H19NO4S/c1-9-6-7-10(2)13(11(9)3)18-12(15)8-14(4)19(5,16)17/h6-7H,8H2,1-5H3. The van der Waals surface area contributed by atoms with Gasteiger partial charge in [-0.05, 0) is 37.5 Å². The molecule has 0 amide bonds. The summed E-state index contributed by atoms with van der Waals surface area (Å²) in [5, 5.41) is 0. The minimum Gasteiger partial charge on any atom is -0.425 e. The third kappa shape index (κ3) is 4.04. The second-order valence-corrected chi connectivity index (χ2v) is 6.74. The van der Waals surface area contributed by atoms with Crippen molar-refractivity contribution in [1.82, 2.24) is 4.31 Å². The first-order chi connectivity index (χ1) is 8.62. The Kier molecular flexibility index (Phi) is 4.70. The summed E-state index contributed by atoms with van der Waals surface area (Å²) in [6.45, 7) is 5.33. The first-order valence-electron chi connectivity index (χ1n) is 5.81. The lowest BCUT2D eigenvalue weighted by molar-refractivity contribution is -0.134. The molecule has 0 aliphatic rings. The number of carbonyl (C=O) groups is 1. The van der Waals surface area contributed by atoms with E-state index >= 15 is 0 Å². The summed E-state index contributed by atoms with van der Waals surface area (Å²) in [6.07, 6.45) is 1.05. The molecule has 0 aliphatic carbocycles. The summed E-state index contributed by atoms with van der Waals surface area (Å²) >= 11 is 0. The van der Waals surface area contributed by atoms with Gasteiger partial charge in [-0.3, -0.25) is 4.79 Å². The number of carbonyl (C=O) groups excluding carboxylic acids is 1. The molecule has 0 fully saturated rings. The van der Waals surface area contributed by atoms with Crippen LogP contribution in [-0.2, 0) is 14.8 Å². The Morgan fingerprint density at radius 1 is 1.21 bits per heavy atom. The van der Waals surface area contributed by atoms with Gasteiger partial charge >= 0.3 is 5.97 Å². The number of hydrogen-bond acceptors (Lipinski definition) is 4. The summed E-state index contributed by atoms with van der Waals surface area (Å²) in [6, 6.07) is 3.82. The van der Waals surface area contributed by atoms with Gasteiger partial charge in [0.1, 0.15) is 12.3 Å². The molecular formula is C13H19NO4S. The normalized spacial score (nSPS) is 11.7. The third-order valence-electron chi connectivity index (χ3n) is 3.01. The Morgan fingerprint density at radius 3 is 2.26 bits per heavy atom. The largest absolute Gasteiger partial charge is 0.425 e. The number of likely N-dealkylation sites (N-methyl/N-ethyl adjacent to an activating group) is 1. The Morgan fingerprint density at radius 2 is 1.74 bits per heavy atom. The van der Waals surface area contributed by atoms with E-state index in [1.165, 1.54) is 7.05 Å². The van der Waals surface area contributed by atoms with Crippen molar-refractivity contribution < 1.29 is 17.9 Å². The van der Waals surface area contributed by atoms with Gasteiger partial charge in [0.15, 0.2) is 0 Å². The lowest BCUT2D eigenvalue weighted by atomic mass is 10.1. The maximum absolute atomic E-state index is 11.8. The zero-order valence-electron chi connectivity index (χ0n) is 11.9. The molecule has 0 bridgehead atoms. The fraction of sp³-hybridized carbons (Fsp3) is 0.462. The number of nitrogens with zero attached hydrogens (tertiary/aromatic N) is 1. The van der Waals surface area contributed by atoms with Gasteiger partial charge in [-0.1, -0.05) is 12.1 Å². The highest BCUT2D eigenvalue weighted by Gasteiger charge is 2.18. The molecule has 0 unspecified atom stereocenters. The lowest BCUT2D eigenvalue weighted by Crippen LogP contribution is -2.33. The van der Waals surface area contributed by atoms with Crippen LogP contribution in [0.3, 0.4) is 0 Å². The molecule has 0 saturated heterocycles. The second-order valence-electron chi connectivity index (χ2n) is 4.65. The molecular weight excluding hydrogens is 266 g/mol. The number of esters is 1. The minimum absolute atomic E-state index is 0.300. The van der Waals surface area contributed by atoms with Crippen molar-refractivity contribution in [2.75, 3.05) is 19.8 Å². The number of benzene rings is 1. The summed E-state index contributed by atoms with van der Waals surface area (Å²) in [7, 11) is -2.05. The minimum atomic E-state index is -3.39. The predicted octanol–water partition coefficient (Wildman–Crippen LogP) is 1.41. The smallest absolute Gasteiger partial charge is 0.326 e. The molecule has 0 atom stereocenters. The van der Waals surface area contributed by atoms with Gasteiger partial charge in [0.2, 0.25) is 10.0 Å². The molecule has 0 saturated carbocycles. The number of ether oxygens (including phenoxy) is 1. The van der Waals surface area contributed by atoms with Gasteiger partial charge in [-0.2, -0.15) is 4.31 Å². The van der Waals surface area contributed by atoms with Gasteiger partial charge in [-0.15, -0.1) is 0 Å². The summed E-state index contributed by atoms with van der Waals surface area (Å²) in [4.78, 5) is 11.8. The van der Waals surface area contributed by atoms with Crippen LogP contribution in [0.15, 0.2) is 12.1 Å². The van der Waals surface area contributed by atoms with Crippen LogP contribution in [0.25, 0.3) is 0 Å². The van der Waals surface area contributed by atoms with Crippen molar-refractivity contribution in [3.63, 3.8) is 0 Å². The molecule has 0 aromatic heterocycles. The molecule has 106 valence electrons. The Hall–Kier alpha value is -1.40. The van der Waals surface area contributed by atoms with Crippen LogP contribution in [0.5, 0.6) is 5.75 Å². The van der Waals surface area contributed by atoms with Gasteiger partial charge in [0, 0.05) is 7.05 Å². The van der Waals surface area contributed by atoms with E-state index < -0.39 is 16.0 Å². The van der Waals surface area contributed by atoms with Crippen LogP contribution in [0.1, 0.15) is 16.7 Å². The van der Waals surface area contributed by atoms with Gasteiger partial charge in [0.05, 0.1) is 6.26 Å². The van der Waals surface area contributed by atoms with Crippen LogP contribution in [-0.4, -0.2) is 38.5 Å². The van der Waals surface area contributed by atoms with Crippen molar-refractivity contribution in [2.45, 2.75) is 20.8 Å². The molecule has 0 N–H and O–H groups in total. The van der Waals surface area contributed by atoms with E-state index in [1.807, 2.05) is 32.9 Å². The molecule has 0 heterocycles. The molecule has 0 radical (unpaired) electrons. The first kappa shape index (κ1) is 15.7. The fourth-order valence-corrected chi connectivity index (χ4v) is 1.87. The Balaban J connectivity index is 2.87. The molecule has 1 rings (SSSR count). The van der Waals surface area contributed by atoms with E-state index in [9.17, 15) is 13.2 Å². The van der Waals surface area contributed by atoms with Crippen molar-refractivity contribution in [1.29, 1.82) is 0 Å². The highest BCUT2D eigenvalue weighted by molar-refractivity contribution is 7.88. The number of sulfonamides is 1. The SMILES string of the molecule is Cc1ccc(C)c(OC(=O)CN(C)S(C)(=O)=O)c1C. The number of hydrogen-bond donors (Lipinski definition) is 0. The van der Waals surface area contributed by atoms with Crippen LogP contribution in [0.4, 0.5) is 0 Å². The van der Waals surface area contributed by atoms with E-state index in [4.69, 9.17) is 4.74 Å². The van der Waals surface area contributed by atoms with Crippen molar-refractivity contribution >= 4 is 16.0 Å². The maximum Gasteiger partial charge on any atom is 0.326 e. The molecule has 5 nitrogen and oxygen atoms in total. The van der Waals surface area contributed by atoms with Crippen LogP contribution >= 0.6 is 0 Å². The van der Waals surface area contributed by atoms with E-state index in [-0.39, 0.29) is 6.54 Å². The second kappa shape index (κ2) is 5.71. The zero-order chi connectivity index (χ0) is 14.8. The maximum atomic E-state index is 11.8. The summed E-state index contributed by atoms with van der Waals surface area (Å²) in [5.41, 5.74) is 2.75. The molecule has 1 aromatic rings. The monoisotopic (exact) mass is 285 g/mol. The van der Waals surface area contributed by atoms with Crippen molar-refractivity contribution in [2.24, 2.45) is 0 Å². The van der Waals surface area contributed by atoms with Crippen LogP contribution < -0.4 is 4.74 Å². The molecule has 0 aliphatic heterocycles. The average Bonchev–Trinajstić information content (AvgIpc) is 2.28. The number of rotatable bonds is 4. The van der Waals surface area contributed by atoms with Gasteiger partial charge in [-0.25, -0.2) is 8.42 Å². The highest BCUT2D eigenvalue weighted by atomic mass is 32.2. The Bertz CT molecular complexity index is 593. The van der Waals surface area contributed by atoms with Gasteiger partial charge in [0.25, 0.3) is 0 Å². The van der Waals surface area contributed by atoms with Gasteiger partial charge < -0.3 is 4.74 Å². The fourth-order valence-electron chi connectivity index (χ4n) is 1.53. The zero-order valence-corrected chi connectivity index (χ0v) is 12.7. The first-order valence-corrected chi connectivity index (χ1v) is 7.66.